The van der Waals surface area contributed by atoms with Crippen LogP contribution in [-0.2, 0) is 13.0 Å². The first kappa shape index (κ1) is 11.2. The second-order valence-electron chi connectivity index (χ2n) is 4.72. The third-order valence-corrected chi connectivity index (χ3v) is 3.37. The van der Waals surface area contributed by atoms with Crippen molar-refractivity contribution in [3.63, 3.8) is 0 Å². The number of hydrogen-bond acceptors (Lipinski definition) is 2. The van der Waals surface area contributed by atoms with Gasteiger partial charge in [0.25, 0.3) is 0 Å². The highest BCUT2D eigenvalue weighted by atomic mass is 15.1. The third kappa shape index (κ3) is 2.10. The molecule has 2 nitrogen and oxygen atoms in total. The minimum Gasteiger partial charge on any atom is -0.297 e. The lowest BCUT2D eigenvalue weighted by molar-refractivity contribution is 0.216. The summed E-state index contributed by atoms with van der Waals surface area (Å²) >= 11 is 0. The lowest BCUT2D eigenvalue weighted by atomic mass is 9.99. The summed E-state index contributed by atoms with van der Waals surface area (Å²) in [4.78, 5) is 2.48. The van der Waals surface area contributed by atoms with Crippen LogP contribution in [0.25, 0.3) is 0 Å². The maximum absolute atomic E-state index is 9.10. The first-order valence-corrected chi connectivity index (χ1v) is 5.97. The van der Waals surface area contributed by atoms with Gasteiger partial charge in [-0.25, -0.2) is 0 Å². The second-order valence-corrected chi connectivity index (χ2v) is 4.72. The molecule has 0 spiro atoms. The molecule has 0 fully saturated rings. The summed E-state index contributed by atoms with van der Waals surface area (Å²) in [6, 6.07) is 8.99. The standard InChI is InChI=1S/C14H18N2/c1-11(2)16-8-4-7-14-12(9-15)5-3-6-13(14)10-16/h3,5-6,11H,4,7-8,10H2,1-2H3. The highest BCUT2D eigenvalue weighted by Crippen LogP contribution is 2.22. The second kappa shape index (κ2) is 4.67. The lowest BCUT2D eigenvalue weighted by Crippen LogP contribution is -2.30. The predicted molar refractivity (Wildman–Crippen MR) is 65.0 cm³/mol. The molecule has 0 aliphatic carbocycles. The first-order valence-electron chi connectivity index (χ1n) is 5.97. The Morgan fingerprint density at radius 3 is 2.88 bits per heavy atom. The fourth-order valence-electron chi connectivity index (χ4n) is 2.38. The molecule has 2 rings (SSSR count). The van der Waals surface area contributed by atoms with Crippen molar-refractivity contribution < 1.29 is 0 Å². The van der Waals surface area contributed by atoms with Gasteiger partial charge in [-0.1, -0.05) is 12.1 Å². The Kier molecular flexibility index (Phi) is 3.26. The van der Waals surface area contributed by atoms with E-state index in [9.17, 15) is 0 Å². The molecule has 0 bridgehead atoms. The van der Waals surface area contributed by atoms with Gasteiger partial charge in [0.15, 0.2) is 0 Å². The molecule has 0 radical (unpaired) electrons. The molecule has 0 saturated carbocycles. The van der Waals surface area contributed by atoms with Crippen LogP contribution in [0.2, 0.25) is 0 Å². The summed E-state index contributed by atoms with van der Waals surface area (Å²) in [5.41, 5.74) is 3.47. The Morgan fingerprint density at radius 1 is 1.38 bits per heavy atom. The predicted octanol–water partition coefficient (Wildman–Crippen LogP) is 2.71. The number of nitriles is 1. The van der Waals surface area contributed by atoms with Crippen LogP contribution >= 0.6 is 0 Å². The molecule has 0 atom stereocenters. The maximum Gasteiger partial charge on any atom is 0.0994 e. The Hall–Kier alpha value is -1.33. The Bertz CT molecular complexity index is 415. The fraction of sp³-hybridized carbons (Fsp3) is 0.500. The normalized spacial score (nSPS) is 16.6. The van der Waals surface area contributed by atoms with Crippen molar-refractivity contribution in [3.05, 3.63) is 34.9 Å². The number of rotatable bonds is 1. The van der Waals surface area contributed by atoms with Gasteiger partial charge < -0.3 is 0 Å². The summed E-state index contributed by atoms with van der Waals surface area (Å²) in [6.45, 7) is 6.60. The van der Waals surface area contributed by atoms with Crippen LogP contribution in [0.5, 0.6) is 0 Å². The molecule has 0 aromatic heterocycles. The summed E-state index contributed by atoms with van der Waals surface area (Å²) in [5.74, 6) is 0. The van der Waals surface area contributed by atoms with Crippen molar-refractivity contribution in [3.8, 4) is 6.07 Å². The smallest absolute Gasteiger partial charge is 0.0994 e. The van der Waals surface area contributed by atoms with Crippen LogP contribution in [0, 0.1) is 11.3 Å². The number of hydrogen-bond donors (Lipinski definition) is 0. The van der Waals surface area contributed by atoms with E-state index in [1.165, 1.54) is 11.1 Å². The van der Waals surface area contributed by atoms with Crippen LogP contribution in [-0.4, -0.2) is 17.5 Å². The number of nitrogens with zero attached hydrogens (tertiary/aromatic N) is 2. The topological polar surface area (TPSA) is 27.0 Å². The van der Waals surface area contributed by atoms with E-state index >= 15 is 0 Å². The molecule has 1 aromatic rings. The van der Waals surface area contributed by atoms with Gasteiger partial charge in [-0.05, 0) is 50.4 Å². The van der Waals surface area contributed by atoms with Crippen LogP contribution < -0.4 is 0 Å². The molecular weight excluding hydrogens is 196 g/mol. The average molecular weight is 214 g/mol. The van der Waals surface area contributed by atoms with Gasteiger partial charge in [0.2, 0.25) is 0 Å². The third-order valence-electron chi connectivity index (χ3n) is 3.37. The molecule has 0 amide bonds. The van der Waals surface area contributed by atoms with E-state index in [4.69, 9.17) is 5.26 Å². The van der Waals surface area contributed by atoms with Gasteiger partial charge in [-0.3, -0.25) is 4.90 Å². The van der Waals surface area contributed by atoms with Crippen LogP contribution in [0.1, 0.15) is 37.0 Å². The van der Waals surface area contributed by atoms with Crippen molar-refractivity contribution in [1.82, 2.24) is 4.90 Å². The summed E-state index contributed by atoms with van der Waals surface area (Å²) < 4.78 is 0. The van der Waals surface area contributed by atoms with E-state index in [1.807, 2.05) is 12.1 Å². The van der Waals surface area contributed by atoms with Gasteiger partial charge in [0.1, 0.15) is 0 Å². The zero-order valence-electron chi connectivity index (χ0n) is 10.0. The monoisotopic (exact) mass is 214 g/mol. The van der Waals surface area contributed by atoms with Crippen LogP contribution in [0.15, 0.2) is 18.2 Å². The van der Waals surface area contributed by atoms with E-state index in [0.717, 1.165) is 31.5 Å². The molecule has 1 heterocycles. The largest absolute Gasteiger partial charge is 0.297 e. The van der Waals surface area contributed by atoms with Gasteiger partial charge in [0, 0.05) is 12.6 Å². The van der Waals surface area contributed by atoms with Crippen molar-refractivity contribution in [2.75, 3.05) is 6.54 Å². The van der Waals surface area contributed by atoms with E-state index in [1.54, 1.807) is 0 Å². The summed E-state index contributed by atoms with van der Waals surface area (Å²) in [7, 11) is 0. The van der Waals surface area contributed by atoms with E-state index in [2.05, 4.69) is 30.9 Å². The minimum absolute atomic E-state index is 0.580. The zero-order valence-corrected chi connectivity index (χ0v) is 10.0. The number of benzene rings is 1. The molecule has 16 heavy (non-hydrogen) atoms. The fourth-order valence-corrected chi connectivity index (χ4v) is 2.38. The summed E-state index contributed by atoms with van der Waals surface area (Å²) in [6.07, 6.45) is 2.20. The van der Waals surface area contributed by atoms with Crippen LogP contribution in [0.3, 0.4) is 0 Å². The minimum atomic E-state index is 0.580. The molecule has 1 aromatic carbocycles. The first-order chi connectivity index (χ1) is 7.72. The van der Waals surface area contributed by atoms with E-state index in [0.29, 0.717) is 6.04 Å². The quantitative estimate of drug-likeness (QED) is 0.718. The van der Waals surface area contributed by atoms with E-state index in [-0.39, 0.29) is 0 Å². The van der Waals surface area contributed by atoms with Crippen molar-refractivity contribution in [2.24, 2.45) is 0 Å². The Morgan fingerprint density at radius 2 is 2.19 bits per heavy atom. The highest BCUT2D eigenvalue weighted by Gasteiger charge is 2.18. The molecule has 1 aliphatic heterocycles. The maximum atomic E-state index is 9.10. The Labute approximate surface area is 97.5 Å². The van der Waals surface area contributed by atoms with Gasteiger partial charge in [0.05, 0.1) is 11.6 Å². The molecular formula is C14H18N2. The molecule has 0 N–H and O–H groups in total. The molecule has 84 valence electrons. The zero-order chi connectivity index (χ0) is 11.5. The summed E-state index contributed by atoms with van der Waals surface area (Å²) in [5, 5.41) is 9.10. The van der Waals surface area contributed by atoms with Gasteiger partial charge in [-0.2, -0.15) is 5.26 Å². The van der Waals surface area contributed by atoms with Crippen molar-refractivity contribution in [2.45, 2.75) is 39.3 Å². The SMILES string of the molecule is CC(C)N1CCCc2c(C#N)cccc2C1. The molecule has 0 unspecified atom stereocenters. The van der Waals surface area contributed by atoms with E-state index < -0.39 is 0 Å². The van der Waals surface area contributed by atoms with Gasteiger partial charge >= 0.3 is 0 Å². The Balaban J connectivity index is 2.35. The molecule has 0 saturated heterocycles. The lowest BCUT2D eigenvalue weighted by Gasteiger charge is -2.24. The van der Waals surface area contributed by atoms with Crippen molar-refractivity contribution >= 4 is 0 Å². The van der Waals surface area contributed by atoms with Crippen LogP contribution in [0.4, 0.5) is 0 Å². The van der Waals surface area contributed by atoms with Crippen molar-refractivity contribution in [1.29, 1.82) is 5.26 Å². The average Bonchev–Trinajstić information content (AvgIpc) is 2.50. The van der Waals surface area contributed by atoms with Gasteiger partial charge in [-0.15, -0.1) is 0 Å². The number of fused-ring (bicyclic) bond motifs is 1. The molecule has 1 aliphatic rings. The molecule has 2 heteroatoms. The highest BCUT2D eigenvalue weighted by molar-refractivity contribution is 5.43.